The van der Waals surface area contributed by atoms with Crippen LogP contribution < -0.4 is 5.32 Å². The summed E-state index contributed by atoms with van der Waals surface area (Å²) in [6.07, 6.45) is 0.853. The number of hydrogen-bond donors (Lipinski definition) is 2. The lowest BCUT2D eigenvalue weighted by Gasteiger charge is -2.08. The molecule has 0 atom stereocenters. The van der Waals surface area contributed by atoms with Gasteiger partial charge in [-0.05, 0) is 13.8 Å². The Balaban J connectivity index is 4.23. The van der Waals surface area contributed by atoms with Gasteiger partial charge in [0.2, 0.25) is 0 Å². The highest BCUT2D eigenvalue weighted by Crippen LogP contribution is 1.81. The van der Waals surface area contributed by atoms with Crippen LogP contribution in [0.25, 0.3) is 0 Å². The second-order valence-corrected chi connectivity index (χ2v) is 2.46. The van der Waals surface area contributed by atoms with Crippen LogP contribution >= 0.6 is 0 Å². The van der Waals surface area contributed by atoms with Crippen molar-refractivity contribution in [3.05, 3.63) is 0 Å². The Morgan fingerprint density at radius 2 is 2.18 bits per heavy atom. The average Bonchev–Trinajstić information content (AvgIpc) is 1.86. The Hall–Kier alpha value is -1.19. The van der Waals surface area contributed by atoms with Gasteiger partial charge in [-0.15, -0.1) is 0 Å². The Bertz CT molecular complexity index is 184. The van der Waals surface area contributed by atoms with Gasteiger partial charge in [0.15, 0.2) is 11.6 Å². The summed E-state index contributed by atoms with van der Waals surface area (Å²) in [4.78, 5) is 14.3. The van der Waals surface area contributed by atoms with Gasteiger partial charge in [-0.1, -0.05) is 0 Å². The third kappa shape index (κ3) is 4.25. The molecule has 0 aromatic heterocycles. The monoisotopic (exact) mass is 155 g/mol. The normalized spacial score (nSPS) is 11.5. The van der Waals surface area contributed by atoms with E-state index in [2.05, 4.69) is 10.3 Å². The number of ketones is 1. The fraction of sp³-hybridized carbons (Fsp3) is 0.571. The van der Waals surface area contributed by atoms with Crippen molar-refractivity contribution >= 4 is 18.0 Å². The van der Waals surface area contributed by atoms with Crippen molar-refractivity contribution in [1.82, 2.24) is 5.32 Å². The molecule has 0 aliphatic rings. The highest BCUT2D eigenvalue weighted by molar-refractivity contribution is 6.39. The molecule has 2 N–H and O–H groups in total. The molecule has 62 valence electrons. The van der Waals surface area contributed by atoms with Crippen LogP contribution in [0.4, 0.5) is 0 Å². The molecule has 0 fully saturated rings. The van der Waals surface area contributed by atoms with Crippen LogP contribution in [0.2, 0.25) is 0 Å². The third-order valence-electron chi connectivity index (χ3n) is 0.953. The van der Waals surface area contributed by atoms with Crippen molar-refractivity contribution in [3.8, 4) is 0 Å². The Kier molecular flexibility index (Phi) is 4.10. The average molecular weight is 155 g/mol. The summed E-state index contributed by atoms with van der Waals surface area (Å²) in [6.45, 7) is 5.22. The maximum absolute atomic E-state index is 10.8. The zero-order valence-corrected chi connectivity index (χ0v) is 7.01. The predicted molar refractivity (Wildman–Crippen MR) is 45.2 cm³/mol. The van der Waals surface area contributed by atoms with Gasteiger partial charge in [0.25, 0.3) is 0 Å². The summed E-state index contributed by atoms with van der Waals surface area (Å²) in [5.74, 6) is 0.0946. The van der Waals surface area contributed by atoms with E-state index in [1.807, 2.05) is 13.8 Å². The molecule has 0 radical (unpaired) electrons. The summed E-state index contributed by atoms with van der Waals surface area (Å²) in [6, 6.07) is 0.164. The zero-order chi connectivity index (χ0) is 8.85. The molecule has 0 aliphatic heterocycles. The number of carbonyl (C=O) groups excluding carboxylic acids is 1. The second-order valence-electron chi connectivity index (χ2n) is 2.46. The van der Waals surface area contributed by atoms with Crippen LogP contribution in [0.1, 0.15) is 20.8 Å². The van der Waals surface area contributed by atoms with Crippen molar-refractivity contribution < 1.29 is 4.79 Å². The molecule has 0 aliphatic carbocycles. The molecule has 0 amide bonds. The summed E-state index contributed by atoms with van der Waals surface area (Å²) in [7, 11) is 0. The summed E-state index contributed by atoms with van der Waals surface area (Å²) in [5.41, 5.74) is 0. The van der Waals surface area contributed by atoms with E-state index in [9.17, 15) is 4.79 Å². The van der Waals surface area contributed by atoms with Crippen molar-refractivity contribution in [3.63, 3.8) is 0 Å². The number of aliphatic imine (C=N–C) groups is 1. The van der Waals surface area contributed by atoms with Gasteiger partial charge >= 0.3 is 0 Å². The zero-order valence-electron chi connectivity index (χ0n) is 7.01. The van der Waals surface area contributed by atoms with Crippen LogP contribution in [0.5, 0.6) is 0 Å². The van der Waals surface area contributed by atoms with E-state index in [1.165, 1.54) is 6.92 Å². The lowest BCUT2D eigenvalue weighted by atomic mass is 10.3. The molecular formula is C7H13N3O. The molecule has 0 saturated heterocycles. The fourth-order valence-corrected chi connectivity index (χ4v) is 0.568. The third-order valence-corrected chi connectivity index (χ3v) is 0.953. The van der Waals surface area contributed by atoms with Gasteiger partial charge in [0, 0.05) is 13.0 Å². The minimum Gasteiger partial charge on any atom is -0.365 e. The Morgan fingerprint density at radius 3 is 2.45 bits per heavy atom. The number of nitrogens with zero attached hydrogens (tertiary/aromatic N) is 1. The minimum absolute atomic E-state index is 0.151. The molecule has 4 heteroatoms. The van der Waals surface area contributed by atoms with Gasteiger partial charge < -0.3 is 5.32 Å². The van der Waals surface area contributed by atoms with Crippen LogP contribution in [-0.4, -0.2) is 24.0 Å². The molecule has 0 heterocycles. The number of nitrogens with one attached hydrogen (secondary N) is 2. The van der Waals surface area contributed by atoms with Gasteiger partial charge in [-0.2, -0.15) is 0 Å². The topological polar surface area (TPSA) is 65.3 Å². The van der Waals surface area contributed by atoms with Gasteiger partial charge in [0.1, 0.15) is 6.34 Å². The molecule has 0 aromatic rings. The molecule has 11 heavy (non-hydrogen) atoms. The first-order valence-electron chi connectivity index (χ1n) is 3.42. The molecular weight excluding hydrogens is 142 g/mol. The molecule has 4 nitrogen and oxygen atoms in total. The van der Waals surface area contributed by atoms with E-state index in [4.69, 9.17) is 5.41 Å². The number of rotatable bonds is 3. The lowest BCUT2D eigenvalue weighted by Crippen LogP contribution is -2.35. The van der Waals surface area contributed by atoms with Crippen molar-refractivity contribution in [1.29, 1.82) is 5.41 Å². The maximum atomic E-state index is 10.8. The quantitative estimate of drug-likeness (QED) is 0.462. The van der Waals surface area contributed by atoms with Crippen LogP contribution in [0.15, 0.2) is 4.99 Å². The molecule has 0 saturated carbocycles. The minimum atomic E-state index is -0.151. The van der Waals surface area contributed by atoms with Crippen LogP contribution in [-0.2, 0) is 4.79 Å². The smallest absolute Gasteiger partial charge is 0.194 e. The van der Waals surface area contributed by atoms with E-state index in [0.717, 1.165) is 6.34 Å². The SMILES string of the molecule is CC(=O)/C(=N/C=N)NC(C)C. The first-order valence-corrected chi connectivity index (χ1v) is 3.42. The van der Waals surface area contributed by atoms with Crippen molar-refractivity contribution in [2.24, 2.45) is 4.99 Å². The van der Waals surface area contributed by atoms with Crippen molar-refractivity contribution in [2.75, 3.05) is 0 Å². The van der Waals surface area contributed by atoms with E-state index in [0.29, 0.717) is 0 Å². The summed E-state index contributed by atoms with van der Waals surface area (Å²) in [5, 5.41) is 9.50. The largest absolute Gasteiger partial charge is 0.365 e. The van der Waals surface area contributed by atoms with E-state index < -0.39 is 0 Å². The number of carbonyl (C=O) groups is 1. The second kappa shape index (κ2) is 4.60. The molecule has 0 rings (SSSR count). The Morgan fingerprint density at radius 1 is 1.64 bits per heavy atom. The molecule has 0 spiro atoms. The number of Topliss-reactive ketones (excluding diaryl/α,β-unsaturated/α-hetero) is 1. The highest BCUT2D eigenvalue weighted by Gasteiger charge is 2.04. The van der Waals surface area contributed by atoms with E-state index >= 15 is 0 Å². The van der Waals surface area contributed by atoms with Gasteiger partial charge in [-0.25, -0.2) is 4.99 Å². The number of amidine groups is 1. The van der Waals surface area contributed by atoms with Crippen LogP contribution in [0.3, 0.4) is 0 Å². The van der Waals surface area contributed by atoms with Gasteiger partial charge in [0.05, 0.1) is 0 Å². The fourth-order valence-electron chi connectivity index (χ4n) is 0.568. The highest BCUT2D eigenvalue weighted by atomic mass is 16.1. The first-order chi connectivity index (χ1) is 5.07. The molecule has 0 unspecified atom stereocenters. The summed E-state index contributed by atoms with van der Waals surface area (Å²) < 4.78 is 0. The van der Waals surface area contributed by atoms with Gasteiger partial charge in [-0.3, -0.25) is 10.2 Å². The summed E-state index contributed by atoms with van der Waals surface area (Å²) >= 11 is 0. The predicted octanol–water partition coefficient (Wildman–Crippen LogP) is 0.579. The standard InChI is InChI=1S/C7H13N3O/c1-5(2)10-7(6(3)11)9-4-8/h4-5H,1-3H3,(H2,8,9,10). The maximum Gasteiger partial charge on any atom is 0.194 e. The lowest BCUT2D eigenvalue weighted by molar-refractivity contribution is -0.111. The molecule has 0 bridgehead atoms. The van der Waals surface area contributed by atoms with E-state index in [1.54, 1.807) is 0 Å². The first kappa shape index (κ1) is 9.81. The van der Waals surface area contributed by atoms with Crippen LogP contribution in [0, 0.1) is 5.41 Å². The van der Waals surface area contributed by atoms with E-state index in [-0.39, 0.29) is 17.7 Å². The number of hydrogen-bond acceptors (Lipinski definition) is 2. The Labute approximate surface area is 66.2 Å². The molecule has 0 aromatic carbocycles. The van der Waals surface area contributed by atoms with Crippen molar-refractivity contribution in [2.45, 2.75) is 26.8 Å².